The van der Waals surface area contributed by atoms with Gasteiger partial charge in [0.05, 0.1) is 21.7 Å². The highest BCUT2D eigenvalue weighted by Gasteiger charge is 2.37. The van der Waals surface area contributed by atoms with Crippen LogP contribution in [0, 0.1) is 6.92 Å². The Morgan fingerprint density at radius 2 is 1.50 bits per heavy atom. The number of sulfonamides is 1. The third kappa shape index (κ3) is 2.11. The molecule has 0 aliphatic carbocycles. The van der Waals surface area contributed by atoms with Gasteiger partial charge in [-0.25, -0.2) is 18.5 Å². The second-order valence-electron chi connectivity index (χ2n) is 4.98. The van der Waals surface area contributed by atoms with Crippen LogP contribution in [0.2, 0.25) is 0 Å². The minimum atomic E-state index is -3.92. The van der Waals surface area contributed by atoms with Crippen molar-refractivity contribution >= 4 is 27.5 Å². The number of aryl methyl sites for hydroxylation is 1. The number of carbonyl (C=O) groups excluding carboxylic acids is 2. The fraction of sp³-hybridized carbons (Fsp3) is 0.0667. The summed E-state index contributed by atoms with van der Waals surface area (Å²) >= 11 is 0. The Morgan fingerprint density at radius 1 is 0.955 bits per heavy atom. The smallest absolute Gasteiger partial charge is 0.266 e. The summed E-state index contributed by atoms with van der Waals surface area (Å²) in [4.78, 5) is 25.7. The number of primary sulfonamides is 1. The second kappa shape index (κ2) is 4.75. The average molecular weight is 316 g/mol. The molecule has 0 atom stereocenters. The van der Waals surface area contributed by atoms with E-state index in [1.54, 1.807) is 31.2 Å². The van der Waals surface area contributed by atoms with Crippen LogP contribution in [0.25, 0.3) is 0 Å². The summed E-state index contributed by atoms with van der Waals surface area (Å²) in [5, 5.41) is 5.11. The van der Waals surface area contributed by atoms with Crippen LogP contribution < -0.4 is 10.0 Å². The second-order valence-corrected chi connectivity index (χ2v) is 6.55. The van der Waals surface area contributed by atoms with Crippen LogP contribution in [0.15, 0.2) is 47.4 Å². The van der Waals surface area contributed by atoms with Crippen LogP contribution >= 0.6 is 0 Å². The standard InChI is InChI=1S/C15H12N2O4S/c1-9-6-7-10(22(16,20)21)8-13(9)17-14(18)11-4-2-3-5-12(11)15(17)19/h2-8H,1H3,(H2,16,20,21). The van der Waals surface area contributed by atoms with E-state index < -0.39 is 21.8 Å². The van der Waals surface area contributed by atoms with E-state index in [-0.39, 0.29) is 10.6 Å². The molecule has 2 aromatic carbocycles. The molecule has 112 valence electrons. The van der Waals surface area contributed by atoms with Gasteiger partial charge in [-0.3, -0.25) is 9.59 Å². The fourth-order valence-electron chi connectivity index (χ4n) is 2.42. The van der Waals surface area contributed by atoms with E-state index in [2.05, 4.69) is 0 Å². The quantitative estimate of drug-likeness (QED) is 0.848. The first kappa shape index (κ1) is 14.4. The van der Waals surface area contributed by atoms with Crippen molar-refractivity contribution in [1.82, 2.24) is 0 Å². The van der Waals surface area contributed by atoms with Gasteiger partial charge in [-0.2, -0.15) is 0 Å². The molecule has 1 heterocycles. The summed E-state index contributed by atoms with van der Waals surface area (Å²) in [5.74, 6) is -0.953. The Kier molecular flexibility index (Phi) is 3.12. The van der Waals surface area contributed by atoms with Crippen molar-refractivity contribution in [1.29, 1.82) is 0 Å². The van der Waals surface area contributed by atoms with Crippen LogP contribution in [-0.4, -0.2) is 20.2 Å². The van der Waals surface area contributed by atoms with Gasteiger partial charge in [0.25, 0.3) is 11.8 Å². The molecule has 2 amide bonds. The van der Waals surface area contributed by atoms with Gasteiger partial charge in [0.15, 0.2) is 0 Å². The largest absolute Gasteiger partial charge is 0.268 e. The molecule has 0 saturated heterocycles. The van der Waals surface area contributed by atoms with Crippen molar-refractivity contribution in [3.05, 3.63) is 59.2 Å². The van der Waals surface area contributed by atoms with E-state index in [1.165, 1.54) is 18.2 Å². The molecule has 0 aromatic heterocycles. The number of hydrogen-bond donors (Lipinski definition) is 1. The minimum Gasteiger partial charge on any atom is -0.268 e. The Labute approximate surface area is 127 Å². The van der Waals surface area contributed by atoms with Gasteiger partial charge in [-0.1, -0.05) is 18.2 Å². The van der Waals surface area contributed by atoms with E-state index in [0.717, 1.165) is 4.90 Å². The molecule has 1 aliphatic rings. The SMILES string of the molecule is Cc1ccc(S(N)(=O)=O)cc1N1C(=O)c2ccccc2C1=O. The fourth-order valence-corrected chi connectivity index (χ4v) is 2.95. The molecular formula is C15H12N2O4S. The van der Waals surface area contributed by atoms with Crippen molar-refractivity contribution in [2.45, 2.75) is 11.8 Å². The lowest BCUT2D eigenvalue weighted by Crippen LogP contribution is -2.30. The topological polar surface area (TPSA) is 97.5 Å². The first-order valence-electron chi connectivity index (χ1n) is 6.42. The Balaban J connectivity index is 2.18. The third-order valence-corrected chi connectivity index (χ3v) is 4.46. The van der Waals surface area contributed by atoms with Crippen molar-refractivity contribution in [2.24, 2.45) is 5.14 Å². The lowest BCUT2D eigenvalue weighted by molar-refractivity contribution is 0.0926. The Hall–Kier alpha value is -2.51. The molecule has 3 rings (SSSR count). The molecule has 0 radical (unpaired) electrons. The third-order valence-electron chi connectivity index (χ3n) is 3.54. The number of amides is 2. The number of nitrogens with two attached hydrogens (primary N) is 1. The van der Waals surface area contributed by atoms with Gasteiger partial charge < -0.3 is 0 Å². The summed E-state index contributed by atoms with van der Waals surface area (Å²) in [7, 11) is -3.92. The van der Waals surface area contributed by atoms with E-state index in [9.17, 15) is 18.0 Å². The van der Waals surface area contributed by atoms with Crippen LogP contribution in [0.1, 0.15) is 26.3 Å². The van der Waals surface area contributed by atoms with Crippen molar-refractivity contribution < 1.29 is 18.0 Å². The molecule has 0 fully saturated rings. The summed E-state index contributed by atoms with van der Waals surface area (Å²) in [6.45, 7) is 1.69. The molecule has 7 heteroatoms. The van der Waals surface area contributed by atoms with Gasteiger partial charge in [0.2, 0.25) is 10.0 Å². The first-order valence-corrected chi connectivity index (χ1v) is 7.96. The molecule has 1 aliphatic heterocycles. The number of imide groups is 1. The van der Waals surface area contributed by atoms with Gasteiger partial charge in [-0.15, -0.1) is 0 Å². The summed E-state index contributed by atoms with van der Waals surface area (Å²) < 4.78 is 23.0. The summed E-state index contributed by atoms with van der Waals surface area (Å²) in [5.41, 5.74) is 1.42. The summed E-state index contributed by atoms with van der Waals surface area (Å²) in [6, 6.07) is 10.6. The molecule has 0 unspecified atom stereocenters. The molecule has 0 spiro atoms. The Bertz CT molecular complexity index is 884. The number of benzene rings is 2. The lowest BCUT2D eigenvalue weighted by Gasteiger charge is -2.17. The van der Waals surface area contributed by atoms with Crippen molar-refractivity contribution in [2.75, 3.05) is 4.90 Å². The van der Waals surface area contributed by atoms with Gasteiger partial charge >= 0.3 is 0 Å². The van der Waals surface area contributed by atoms with Crippen LogP contribution in [0.5, 0.6) is 0 Å². The van der Waals surface area contributed by atoms with Crippen LogP contribution in [-0.2, 0) is 10.0 Å². The number of hydrogen-bond acceptors (Lipinski definition) is 4. The van der Waals surface area contributed by atoms with Crippen LogP contribution in [0.4, 0.5) is 5.69 Å². The maximum Gasteiger partial charge on any atom is 0.266 e. The first-order chi connectivity index (χ1) is 10.3. The van der Waals surface area contributed by atoms with Crippen LogP contribution in [0.3, 0.4) is 0 Å². The number of anilines is 1. The van der Waals surface area contributed by atoms with E-state index in [1.807, 2.05) is 0 Å². The number of carbonyl (C=O) groups is 2. The molecule has 2 aromatic rings. The molecule has 2 N–H and O–H groups in total. The highest BCUT2D eigenvalue weighted by atomic mass is 32.2. The zero-order valence-corrected chi connectivity index (χ0v) is 12.4. The zero-order valence-electron chi connectivity index (χ0n) is 11.6. The molecule has 0 bridgehead atoms. The van der Waals surface area contributed by atoms with E-state index in [4.69, 9.17) is 5.14 Å². The van der Waals surface area contributed by atoms with Gasteiger partial charge in [0.1, 0.15) is 0 Å². The monoisotopic (exact) mass is 316 g/mol. The van der Waals surface area contributed by atoms with E-state index >= 15 is 0 Å². The lowest BCUT2D eigenvalue weighted by atomic mass is 10.1. The molecule has 0 saturated carbocycles. The number of rotatable bonds is 2. The average Bonchev–Trinajstić information content (AvgIpc) is 2.71. The van der Waals surface area contributed by atoms with Crippen molar-refractivity contribution in [3.8, 4) is 0 Å². The predicted molar refractivity (Wildman–Crippen MR) is 80.1 cm³/mol. The molecule has 22 heavy (non-hydrogen) atoms. The normalized spacial score (nSPS) is 14.4. The number of nitrogens with zero attached hydrogens (tertiary/aromatic N) is 1. The van der Waals surface area contributed by atoms with Gasteiger partial charge in [0, 0.05) is 0 Å². The van der Waals surface area contributed by atoms with Crippen molar-refractivity contribution in [3.63, 3.8) is 0 Å². The molecular weight excluding hydrogens is 304 g/mol. The number of fused-ring (bicyclic) bond motifs is 1. The van der Waals surface area contributed by atoms with Gasteiger partial charge in [-0.05, 0) is 36.8 Å². The maximum atomic E-state index is 12.4. The Morgan fingerprint density at radius 3 is 2.00 bits per heavy atom. The summed E-state index contributed by atoms with van der Waals surface area (Å²) in [6.07, 6.45) is 0. The molecule has 6 nitrogen and oxygen atoms in total. The minimum absolute atomic E-state index is 0.148. The maximum absolute atomic E-state index is 12.4. The highest BCUT2D eigenvalue weighted by Crippen LogP contribution is 2.31. The highest BCUT2D eigenvalue weighted by molar-refractivity contribution is 7.89. The van der Waals surface area contributed by atoms with E-state index in [0.29, 0.717) is 16.7 Å². The zero-order chi connectivity index (χ0) is 16.1. The predicted octanol–water partition coefficient (Wildman–Crippen LogP) is 1.44.